The van der Waals surface area contributed by atoms with Crippen LogP contribution in [0.4, 0.5) is 5.69 Å². The van der Waals surface area contributed by atoms with Gasteiger partial charge in [0.15, 0.2) is 0 Å². The molecule has 0 saturated heterocycles. The van der Waals surface area contributed by atoms with E-state index in [0.717, 1.165) is 28.1 Å². The Morgan fingerprint density at radius 3 is 2.83 bits per heavy atom. The number of ether oxygens (including phenoxy) is 2. The van der Waals surface area contributed by atoms with Gasteiger partial charge in [0.2, 0.25) is 11.6 Å². The highest BCUT2D eigenvalue weighted by Gasteiger charge is 2.48. The number of halogens is 1. The standard InChI is InChI=1S/C21H16ClN3O4/c1-12-18-20(24(23-12)15-6-3-5-14(22)9-15)29-11-13-10-28-19-16(21(13,18)2)7-4-8-17(19)25(26)27/h3-9,11H,10H2,1-2H3. The molecule has 0 saturated carbocycles. The minimum Gasteiger partial charge on any atom is -0.482 e. The Hall–Kier alpha value is -3.32. The second kappa shape index (κ2) is 6.09. The smallest absolute Gasteiger partial charge is 0.311 e. The van der Waals surface area contributed by atoms with Gasteiger partial charge in [-0.2, -0.15) is 5.10 Å². The van der Waals surface area contributed by atoms with E-state index in [0.29, 0.717) is 16.7 Å². The molecule has 1 aromatic heterocycles. The van der Waals surface area contributed by atoms with Crippen LogP contribution in [0.25, 0.3) is 5.69 Å². The maximum absolute atomic E-state index is 11.5. The van der Waals surface area contributed by atoms with Gasteiger partial charge in [0.05, 0.1) is 33.5 Å². The molecule has 3 aromatic rings. The van der Waals surface area contributed by atoms with E-state index in [2.05, 4.69) is 0 Å². The fourth-order valence-electron chi connectivity index (χ4n) is 4.23. The Balaban J connectivity index is 1.77. The zero-order valence-corrected chi connectivity index (χ0v) is 16.4. The van der Waals surface area contributed by atoms with Crippen LogP contribution < -0.4 is 9.47 Å². The second-order valence-electron chi connectivity index (χ2n) is 7.24. The number of fused-ring (bicyclic) bond motifs is 5. The minimum atomic E-state index is -0.659. The number of benzene rings is 2. The average Bonchev–Trinajstić information content (AvgIpc) is 3.05. The van der Waals surface area contributed by atoms with Crippen molar-refractivity contribution in [2.75, 3.05) is 6.61 Å². The molecule has 0 N–H and O–H groups in total. The van der Waals surface area contributed by atoms with E-state index in [-0.39, 0.29) is 12.3 Å². The Labute approximate surface area is 171 Å². The van der Waals surface area contributed by atoms with E-state index < -0.39 is 10.3 Å². The molecular formula is C21H16ClN3O4. The number of nitro groups is 1. The second-order valence-corrected chi connectivity index (χ2v) is 7.68. The Morgan fingerprint density at radius 1 is 1.28 bits per heavy atom. The van der Waals surface area contributed by atoms with E-state index in [4.69, 9.17) is 26.2 Å². The third-order valence-corrected chi connectivity index (χ3v) is 5.86. The van der Waals surface area contributed by atoms with E-state index in [9.17, 15) is 10.1 Å². The van der Waals surface area contributed by atoms with Gasteiger partial charge < -0.3 is 9.47 Å². The first kappa shape index (κ1) is 17.8. The molecule has 1 atom stereocenters. The number of aryl methyl sites for hydroxylation is 1. The zero-order chi connectivity index (χ0) is 20.3. The summed E-state index contributed by atoms with van der Waals surface area (Å²) in [4.78, 5) is 11.1. The van der Waals surface area contributed by atoms with Gasteiger partial charge in [-0.1, -0.05) is 29.8 Å². The van der Waals surface area contributed by atoms with Gasteiger partial charge in [-0.15, -0.1) is 0 Å². The summed E-state index contributed by atoms with van der Waals surface area (Å²) in [6, 6.07) is 12.3. The highest BCUT2D eigenvalue weighted by atomic mass is 35.5. The molecular weight excluding hydrogens is 394 g/mol. The summed E-state index contributed by atoms with van der Waals surface area (Å²) in [5.74, 6) is 0.857. The van der Waals surface area contributed by atoms with E-state index in [1.165, 1.54) is 6.07 Å². The topological polar surface area (TPSA) is 79.4 Å². The predicted molar refractivity (Wildman–Crippen MR) is 107 cm³/mol. The number of rotatable bonds is 2. The Bertz CT molecular complexity index is 1220. The van der Waals surface area contributed by atoms with Gasteiger partial charge in [-0.25, -0.2) is 4.68 Å². The minimum absolute atomic E-state index is 0.0456. The molecule has 7 nitrogen and oxygen atoms in total. The average molecular weight is 410 g/mol. The molecule has 8 heteroatoms. The van der Waals surface area contributed by atoms with Crippen LogP contribution >= 0.6 is 11.6 Å². The normalized spacial score (nSPS) is 19.2. The van der Waals surface area contributed by atoms with Crippen molar-refractivity contribution in [3.05, 3.63) is 86.3 Å². The van der Waals surface area contributed by atoms with Crippen LogP contribution in [0.1, 0.15) is 23.7 Å². The molecule has 146 valence electrons. The number of aromatic nitrogens is 2. The highest BCUT2D eigenvalue weighted by molar-refractivity contribution is 6.30. The summed E-state index contributed by atoms with van der Waals surface area (Å²) in [7, 11) is 0. The van der Waals surface area contributed by atoms with Crippen LogP contribution in [-0.4, -0.2) is 21.3 Å². The maximum Gasteiger partial charge on any atom is 0.311 e. The number of hydrogen-bond acceptors (Lipinski definition) is 5. The Kier molecular flexibility index (Phi) is 3.73. The highest BCUT2D eigenvalue weighted by Crippen LogP contribution is 2.54. The van der Waals surface area contributed by atoms with Crippen molar-refractivity contribution in [1.29, 1.82) is 0 Å². The number of hydrogen-bond donors (Lipinski definition) is 0. The SMILES string of the molecule is Cc1nn(-c2cccc(Cl)c2)c2c1C1(C)C(=CO2)COc2c([N+](=O)[O-])cccc21. The van der Waals surface area contributed by atoms with Gasteiger partial charge in [0, 0.05) is 22.2 Å². The predicted octanol–water partition coefficient (Wildman–Crippen LogP) is 4.72. The van der Waals surface area contributed by atoms with Crippen molar-refractivity contribution in [2.24, 2.45) is 0 Å². The number of nitro benzene ring substituents is 1. The van der Waals surface area contributed by atoms with Crippen molar-refractivity contribution in [2.45, 2.75) is 19.3 Å². The third kappa shape index (κ3) is 2.40. The van der Waals surface area contributed by atoms with E-state index >= 15 is 0 Å². The van der Waals surface area contributed by atoms with Crippen molar-refractivity contribution in [3.8, 4) is 17.3 Å². The van der Waals surface area contributed by atoms with Crippen molar-refractivity contribution < 1.29 is 14.4 Å². The van der Waals surface area contributed by atoms with Gasteiger partial charge in [0.1, 0.15) is 6.61 Å². The van der Waals surface area contributed by atoms with Crippen LogP contribution in [-0.2, 0) is 5.41 Å². The molecule has 0 fully saturated rings. The monoisotopic (exact) mass is 409 g/mol. The lowest BCUT2D eigenvalue weighted by Gasteiger charge is -2.40. The first-order valence-electron chi connectivity index (χ1n) is 9.04. The lowest BCUT2D eigenvalue weighted by Crippen LogP contribution is -2.37. The summed E-state index contributed by atoms with van der Waals surface area (Å²) < 4.78 is 13.5. The summed E-state index contributed by atoms with van der Waals surface area (Å²) in [5, 5.41) is 16.8. The number of para-hydroxylation sites is 1. The molecule has 2 aliphatic rings. The summed E-state index contributed by atoms with van der Waals surface area (Å²) >= 11 is 6.16. The third-order valence-electron chi connectivity index (χ3n) is 5.63. The molecule has 2 aliphatic heterocycles. The van der Waals surface area contributed by atoms with Gasteiger partial charge in [0.25, 0.3) is 0 Å². The lowest BCUT2D eigenvalue weighted by atomic mass is 9.68. The van der Waals surface area contributed by atoms with Crippen molar-refractivity contribution in [1.82, 2.24) is 9.78 Å². The van der Waals surface area contributed by atoms with Gasteiger partial charge in [-0.3, -0.25) is 10.1 Å². The largest absolute Gasteiger partial charge is 0.482 e. The molecule has 5 rings (SSSR count). The van der Waals surface area contributed by atoms with Crippen LogP contribution in [0.2, 0.25) is 5.02 Å². The van der Waals surface area contributed by atoms with Crippen LogP contribution in [0.3, 0.4) is 0 Å². The zero-order valence-electron chi connectivity index (χ0n) is 15.7. The molecule has 2 aromatic carbocycles. The van der Waals surface area contributed by atoms with Gasteiger partial charge in [-0.05, 0) is 32.0 Å². The van der Waals surface area contributed by atoms with E-state index in [1.54, 1.807) is 23.1 Å². The van der Waals surface area contributed by atoms with Crippen LogP contribution in [0, 0.1) is 17.0 Å². The molecule has 1 unspecified atom stereocenters. The molecule has 0 aliphatic carbocycles. The van der Waals surface area contributed by atoms with Crippen LogP contribution in [0.15, 0.2) is 54.3 Å². The maximum atomic E-state index is 11.5. The van der Waals surface area contributed by atoms with Gasteiger partial charge >= 0.3 is 5.69 Å². The molecule has 0 amide bonds. The van der Waals surface area contributed by atoms with Crippen molar-refractivity contribution in [3.63, 3.8) is 0 Å². The Morgan fingerprint density at radius 2 is 2.07 bits per heavy atom. The summed E-state index contributed by atoms with van der Waals surface area (Å²) in [6.45, 7) is 4.14. The van der Waals surface area contributed by atoms with Crippen LogP contribution in [0.5, 0.6) is 11.6 Å². The fraction of sp³-hybridized carbons (Fsp3) is 0.190. The van der Waals surface area contributed by atoms with E-state index in [1.807, 2.05) is 38.1 Å². The lowest BCUT2D eigenvalue weighted by molar-refractivity contribution is -0.386. The molecule has 0 bridgehead atoms. The van der Waals surface area contributed by atoms with Crippen molar-refractivity contribution >= 4 is 17.3 Å². The number of nitrogens with zero attached hydrogens (tertiary/aromatic N) is 3. The summed E-state index contributed by atoms with van der Waals surface area (Å²) in [5.41, 5.74) is 3.31. The molecule has 0 spiro atoms. The first-order valence-corrected chi connectivity index (χ1v) is 9.42. The molecule has 29 heavy (non-hydrogen) atoms. The molecule has 0 radical (unpaired) electrons. The first-order chi connectivity index (χ1) is 13.9. The summed E-state index contributed by atoms with van der Waals surface area (Å²) in [6.07, 6.45) is 1.66. The quantitative estimate of drug-likeness (QED) is 0.452. The molecule has 3 heterocycles. The fourth-order valence-corrected chi connectivity index (χ4v) is 4.41.